The van der Waals surface area contributed by atoms with Gasteiger partial charge < -0.3 is 20.6 Å². The maximum Gasteiger partial charge on any atom is 0.244 e. The molecule has 8 heteroatoms. The first-order valence-electron chi connectivity index (χ1n) is 11.6. The minimum absolute atomic E-state index is 0.0501. The highest BCUT2D eigenvalue weighted by Crippen LogP contribution is 2.68. The predicted octanol–water partition coefficient (Wildman–Crippen LogP) is 1.55. The van der Waals surface area contributed by atoms with Gasteiger partial charge in [0.1, 0.15) is 6.04 Å². The zero-order valence-electron chi connectivity index (χ0n) is 18.8. The van der Waals surface area contributed by atoms with E-state index in [1.165, 1.54) is 0 Å². The van der Waals surface area contributed by atoms with Crippen molar-refractivity contribution in [3.8, 4) is 0 Å². The van der Waals surface area contributed by atoms with Crippen molar-refractivity contribution in [3.05, 3.63) is 35.9 Å². The first-order chi connectivity index (χ1) is 15.5. The van der Waals surface area contributed by atoms with Gasteiger partial charge in [-0.3, -0.25) is 14.4 Å². The molecule has 7 nitrogen and oxygen atoms in total. The SMILES string of the molecule is CCCNC(=O)[C@@H]1[C@@H]2CC(C)C3(S2)C(C(=O)NCc2ccccc2)N(CCCO)C(=O)[C@H]13. The average molecular weight is 460 g/mol. The third-order valence-electron chi connectivity index (χ3n) is 7.21. The highest BCUT2D eigenvalue weighted by molar-refractivity contribution is 8.02. The lowest BCUT2D eigenvalue weighted by molar-refractivity contribution is -0.140. The highest BCUT2D eigenvalue weighted by atomic mass is 32.2. The summed E-state index contributed by atoms with van der Waals surface area (Å²) in [6.07, 6.45) is 2.07. The maximum atomic E-state index is 13.7. The van der Waals surface area contributed by atoms with Crippen LogP contribution in [0.1, 0.15) is 38.7 Å². The summed E-state index contributed by atoms with van der Waals surface area (Å²) < 4.78 is -0.605. The van der Waals surface area contributed by atoms with Crippen molar-refractivity contribution in [1.29, 1.82) is 0 Å². The van der Waals surface area contributed by atoms with Crippen LogP contribution in [0.2, 0.25) is 0 Å². The van der Waals surface area contributed by atoms with E-state index in [-0.39, 0.29) is 35.5 Å². The molecule has 0 saturated carbocycles. The highest BCUT2D eigenvalue weighted by Gasteiger charge is 2.75. The molecule has 1 aromatic carbocycles. The van der Waals surface area contributed by atoms with Gasteiger partial charge >= 0.3 is 0 Å². The Morgan fingerprint density at radius 3 is 2.66 bits per heavy atom. The first kappa shape index (κ1) is 23.1. The van der Waals surface area contributed by atoms with Crippen molar-refractivity contribution in [2.45, 2.75) is 55.7 Å². The number of hydrogen-bond acceptors (Lipinski definition) is 5. The molecule has 0 radical (unpaired) electrons. The van der Waals surface area contributed by atoms with Crippen molar-refractivity contribution in [2.75, 3.05) is 19.7 Å². The summed E-state index contributed by atoms with van der Waals surface area (Å²) in [6, 6.07) is 9.07. The molecule has 32 heavy (non-hydrogen) atoms. The molecule has 6 atom stereocenters. The fraction of sp³-hybridized carbons (Fsp3) is 0.625. The van der Waals surface area contributed by atoms with Crippen LogP contribution >= 0.6 is 11.8 Å². The van der Waals surface area contributed by atoms with E-state index in [0.717, 1.165) is 18.4 Å². The zero-order valence-corrected chi connectivity index (χ0v) is 19.6. The van der Waals surface area contributed by atoms with Crippen molar-refractivity contribution in [3.63, 3.8) is 0 Å². The number of carbonyl (C=O) groups excluding carboxylic acids is 3. The van der Waals surface area contributed by atoms with Crippen LogP contribution in [0.15, 0.2) is 30.3 Å². The quantitative estimate of drug-likeness (QED) is 0.520. The van der Waals surface area contributed by atoms with Gasteiger partial charge in [-0.15, -0.1) is 11.8 Å². The Labute approximate surface area is 193 Å². The van der Waals surface area contributed by atoms with E-state index in [4.69, 9.17) is 0 Å². The largest absolute Gasteiger partial charge is 0.396 e. The van der Waals surface area contributed by atoms with Crippen LogP contribution in [-0.2, 0) is 20.9 Å². The fourth-order valence-electron chi connectivity index (χ4n) is 5.85. The molecule has 4 rings (SSSR count). The van der Waals surface area contributed by atoms with Gasteiger partial charge in [0.2, 0.25) is 17.7 Å². The summed E-state index contributed by atoms with van der Waals surface area (Å²) in [6.45, 7) is 5.36. The Morgan fingerprint density at radius 1 is 1.22 bits per heavy atom. The molecule has 3 saturated heterocycles. The van der Waals surface area contributed by atoms with Gasteiger partial charge in [0.25, 0.3) is 0 Å². The number of aliphatic hydroxyl groups excluding tert-OH is 1. The van der Waals surface area contributed by atoms with Crippen LogP contribution in [0.3, 0.4) is 0 Å². The molecule has 3 aliphatic rings. The van der Waals surface area contributed by atoms with Crippen LogP contribution in [0.5, 0.6) is 0 Å². The zero-order chi connectivity index (χ0) is 22.9. The predicted molar refractivity (Wildman–Crippen MR) is 124 cm³/mol. The third kappa shape index (κ3) is 3.71. The number of benzene rings is 1. The molecule has 3 fully saturated rings. The van der Waals surface area contributed by atoms with Crippen LogP contribution < -0.4 is 10.6 Å². The van der Waals surface area contributed by atoms with Gasteiger partial charge in [0.05, 0.1) is 16.6 Å². The Balaban J connectivity index is 1.64. The Kier molecular flexibility index (Phi) is 6.81. The molecule has 1 aromatic rings. The first-order valence-corrected chi connectivity index (χ1v) is 12.5. The van der Waals surface area contributed by atoms with E-state index in [1.807, 2.05) is 37.3 Å². The van der Waals surface area contributed by atoms with Gasteiger partial charge in [-0.1, -0.05) is 44.2 Å². The maximum absolute atomic E-state index is 13.7. The van der Waals surface area contributed by atoms with Gasteiger partial charge in [-0.2, -0.15) is 0 Å². The van der Waals surface area contributed by atoms with Crippen LogP contribution in [-0.4, -0.2) is 63.5 Å². The molecule has 3 amide bonds. The summed E-state index contributed by atoms with van der Waals surface area (Å²) >= 11 is 1.68. The minimum atomic E-state index is -0.635. The van der Waals surface area contributed by atoms with E-state index < -0.39 is 22.6 Å². The summed E-state index contributed by atoms with van der Waals surface area (Å²) in [5, 5.41) is 15.5. The second-order valence-electron chi connectivity index (χ2n) is 9.16. The lowest BCUT2D eigenvalue weighted by Gasteiger charge is -2.38. The Morgan fingerprint density at radius 2 is 1.97 bits per heavy atom. The van der Waals surface area contributed by atoms with E-state index in [2.05, 4.69) is 17.6 Å². The minimum Gasteiger partial charge on any atom is -0.396 e. The lowest BCUT2D eigenvalue weighted by Crippen LogP contribution is -2.56. The number of hydrogen-bond donors (Lipinski definition) is 3. The number of fused-ring (bicyclic) bond motifs is 1. The lowest BCUT2D eigenvalue weighted by atomic mass is 9.66. The average Bonchev–Trinajstić information content (AvgIpc) is 3.39. The van der Waals surface area contributed by atoms with E-state index in [1.54, 1.807) is 16.7 Å². The Bertz CT molecular complexity index is 866. The standard InChI is InChI=1S/C24H33N3O4S/c1-3-10-25-21(29)18-17-13-15(2)24(32-17)19(18)23(31)27(11-7-12-28)20(24)22(30)26-14-16-8-5-4-6-9-16/h4-6,8-9,15,17-20,28H,3,7,10-14H2,1-2H3,(H,25,29)(H,26,30)/t15?,17-,18+,19-,20?,24?/m0/s1. The third-order valence-corrected chi connectivity index (χ3v) is 9.29. The number of carbonyl (C=O) groups is 3. The second kappa shape index (κ2) is 9.43. The van der Waals surface area contributed by atoms with Gasteiger partial charge in [-0.05, 0) is 30.7 Å². The van der Waals surface area contributed by atoms with Crippen LogP contribution in [0.25, 0.3) is 0 Å². The summed E-state index contributed by atoms with van der Waals surface area (Å²) in [7, 11) is 0. The van der Waals surface area contributed by atoms with Crippen LogP contribution in [0.4, 0.5) is 0 Å². The van der Waals surface area contributed by atoms with Gasteiger partial charge in [0, 0.05) is 31.5 Å². The second-order valence-corrected chi connectivity index (χ2v) is 10.7. The van der Waals surface area contributed by atoms with Gasteiger partial charge in [-0.25, -0.2) is 0 Å². The molecule has 3 unspecified atom stereocenters. The van der Waals surface area contributed by atoms with Crippen LogP contribution in [0, 0.1) is 17.8 Å². The fourth-order valence-corrected chi connectivity index (χ4v) is 8.27. The number of thioether (sulfide) groups is 1. The van der Waals surface area contributed by atoms with E-state index in [9.17, 15) is 19.5 Å². The van der Waals surface area contributed by atoms with Crippen molar-refractivity contribution in [2.24, 2.45) is 17.8 Å². The molecule has 0 aromatic heterocycles. The topological polar surface area (TPSA) is 98.7 Å². The normalized spacial score (nSPS) is 32.8. The molecule has 174 valence electrons. The number of likely N-dealkylation sites (tertiary alicyclic amines) is 1. The summed E-state index contributed by atoms with van der Waals surface area (Å²) in [5.74, 6) is -1.10. The summed E-state index contributed by atoms with van der Waals surface area (Å²) in [4.78, 5) is 42.0. The molecular weight excluding hydrogens is 426 g/mol. The van der Waals surface area contributed by atoms with Gasteiger partial charge in [0.15, 0.2) is 0 Å². The van der Waals surface area contributed by atoms with Crippen molar-refractivity contribution in [1.82, 2.24) is 15.5 Å². The van der Waals surface area contributed by atoms with Crippen molar-refractivity contribution < 1.29 is 19.5 Å². The molecule has 0 aliphatic carbocycles. The van der Waals surface area contributed by atoms with E-state index in [0.29, 0.717) is 26.1 Å². The van der Waals surface area contributed by atoms with E-state index >= 15 is 0 Å². The molecule has 1 spiro atoms. The van der Waals surface area contributed by atoms with Crippen molar-refractivity contribution >= 4 is 29.5 Å². The molecule has 3 aliphatic heterocycles. The molecule has 3 N–H and O–H groups in total. The number of nitrogens with zero attached hydrogens (tertiary/aromatic N) is 1. The number of nitrogens with one attached hydrogen (secondary N) is 2. The smallest absolute Gasteiger partial charge is 0.244 e. The molecule has 2 bridgehead atoms. The number of aliphatic hydroxyl groups is 1. The molecule has 3 heterocycles. The monoisotopic (exact) mass is 459 g/mol. The Hall–Kier alpha value is -2.06. The summed E-state index contributed by atoms with van der Waals surface area (Å²) in [5.41, 5.74) is 0.995. The molecular formula is C24H33N3O4S. The number of amides is 3. The number of rotatable bonds is 9.